The molecule has 0 fully saturated rings. The molecule has 1 N–H and O–H groups in total. The molecule has 2 aromatic carbocycles. The number of hydrogen-bond acceptors (Lipinski definition) is 2. The minimum absolute atomic E-state index is 0.194. The molecule has 1 atom stereocenters. The molecule has 1 aliphatic heterocycles. The van der Waals surface area contributed by atoms with Gasteiger partial charge in [0.15, 0.2) is 0 Å². The smallest absolute Gasteiger partial charge is 0.123 e. The number of alkyl halides is 3. The SMILES string of the molecule is C=CCc1ccccc1O.ClCCl.ICC1Cc2ccccc2O1. The van der Waals surface area contributed by atoms with Crippen LogP contribution in [0.2, 0.25) is 0 Å². The van der Waals surface area contributed by atoms with Gasteiger partial charge < -0.3 is 9.84 Å². The third-order valence-electron chi connectivity index (χ3n) is 3.24. The van der Waals surface area contributed by atoms with Gasteiger partial charge in [-0.15, -0.1) is 29.8 Å². The average molecular weight is 479 g/mol. The quantitative estimate of drug-likeness (QED) is 0.334. The Bertz CT molecular complexity index is 595. The molecular formula is C19H21Cl2IO2. The van der Waals surface area contributed by atoms with E-state index in [9.17, 15) is 5.11 Å². The lowest BCUT2D eigenvalue weighted by molar-refractivity contribution is 0.262. The fourth-order valence-corrected chi connectivity index (χ4v) is 2.67. The predicted molar refractivity (Wildman–Crippen MR) is 112 cm³/mol. The van der Waals surface area contributed by atoms with Crippen LogP contribution in [0.1, 0.15) is 11.1 Å². The number of ether oxygens (including phenoxy) is 1. The Morgan fingerprint density at radius 3 is 2.38 bits per heavy atom. The van der Waals surface area contributed by atoms with E-state index < -0.39 is 0 Å². The molecule has 24 heavy (non-hydrogen) atoms. The van der Waals surface area contributed by atoms with E-state index in [2.05, 4.69) is 41.3 Å². The van der Waals surface area contributed by atoms with Crippen molar-refractivity contribution in [1.82, 2.24) is 0 Å². The Morgan fingerprint density at radius 2 is 1.79 bits per heavy atom. The Balaban J connectivity index is 0.000000208. The van der Waals surface area contributed by atoms with E-state index in [1.807, 2.05) is 30.3 Å². The largest absolute Gasteiger partial charge is 0.508 e. The highest BCUT2D eigenvalue weighted by Gasteiger charge is 2.20. The number of rotatable bonds is 3. The fraction of sp³-hybridized carbons (Fsp3) is 0.263. The molecule has 1 heterocycles. The summed E-state index contributed by atoms with van der Waals surface area (Å²) >= 11 is 11.9. The van der Waals surface area contributed by atoms with Crippen molar-refractivity contribution >= 4 is 45.8 Å². The number of allylic oxidation sites excluding steroid dienone is 1. The molecule has 1 aliphatic rings. The molecule has 0 saturated heterocycles. The minimum atomic E-state index is 0.194. The van der Waals surface area contributed by atoms with Crippen LogP contribution in [0, 0.1) is 0 Å². The van der Waals surface area contributed by atoms with Gasteiger partial charge in [0.05, 0.1) is 5.34 Å². The van der Waals surface area contributed by atoms with Crippen LogP contribution in [0.15, 0.2) is 61.2 Å². The first-order valence-corrected chi connectivity index (χ1v) is 10.1. The van der Waals surface area contributed by atoms with Gasteiger partial charge in [-0.05, 0) is 29.7 Å². The van der Waals surface area contributed by atoms with Gasteiger partial charge in [-0.3, -0.25) is 0 Å². The summed E-state index contributed by atoms with van der Waals surface area (Å²) in [6, 6.07) is 15.5. The van der Waals surface area contributed by atoms with Crippen molar-refractivity contribution in [3.05, 3.63) is 72.3 Å². The van der Waals surface area contributed by atoms with E-state index in [0.717, 1.165) is 28.6 Å². The number of hydrogen-bond donors (Lipinski definition) is 1. The predicted octanol–water partition coefficient (Wildman–Crippen LogP) is 5.97. The summed E-state index contributed by atoms with van der Waals surface area (Å²) in [6.45, 7) is 3.59. The zero-order valence-corrected chi connectivity index (χ0v) is 17.0. The summed E-state index contributed by atoms with van der Waals surface area (Å²) < 4.78 is 6.72. The normalized spacial score (nSPS) is 14.2. The van der Waals surface area contributed by atoms with Gasteiger partial charge in [0, 0.05) is 10.8 Å². The van der Waals surface area contributed by atoms with Crippen LogP contribution in [-0.2, 0) is 12.8 Å². The van der Waals surface area contributed by atoms with Crippen LogP contribution in [0.25, 0.3) is 0 Å². The second kappa shape index (κ2) is 12.5. The van der Waals surface area contributed by atoms with Crippen molar-refractivity contribution in [3.8, 4) is 11.5 Å². The highest BCUT2D eigenvalue weighted by atomic mass is 127. The summed E-state index contributed by atoms with van der Waals surface area (Å²) in [5.74, 6) is 1.43. The molecule has 0 radical (unpaired) electrons. The van der Waals surface area contributed by atoms with Gasteiger partial charge in [-0.25, -0.2) is 0 Å². The van der Waals surface area contributed by atoms with Crippen molar-refractivity contribution in [3.63, 3.8) is 0 Å². The fourth-order valence-electron chi connectivity index (χ4n) is 2.18. The standard InChI is InChI=1S/C9H9IO.C9H10O.CH2Cl2/c10-6-8-5-7-3-1-2-4-9(7)11-8;1-2-5-8-6-3-4-7-9(8)10;2-1-3/h1-4,8H,5-6H2;2-4,6-7,10H,1,5H2;1H2. The third-order valence-corrected chi connectivity index (χ3v) is 4.22. The van der Waals surface area contributed by atoms with E-state index in [1.165, 1.54) is 5.56 Å². The van der Waals surface area contributed by atoms with Crippen LogP contribution < -0.4 is 4.74 Å². The van der Waals surface area contributed by atoms with Crippen LogP contribution in [0.4, 0.5) is 0 Å². The number of phenolic OH excluding ortho intramolecular Hbond substituents is 1. The van der Waals surface area contributed by atoms with Gasteiger partial charge in [0.1, 0.15) is 17.6 Å². The maximum atomic E-state index is 9.19. The van der Waals surface area contributed by atoms with E-state index in [1.54, 1.807) is 12.1 Å². The molecule has 3 rings (SSSR count). The van der Waals surface area contributed by atoms with Crippen molar-refractivity contribution < 1.29 is 9.84 Å². The summed E-state index contributed by atoms with van der Waals surface area (Å²) in [5, 5.41) is 9.39. The Hall–Kier alpha value is -0.910. The van der Waals surface area contributed by atoms with Crippen LogP contribution >= 0.6 is 45.8 Å². The molecular weight excluding hydrogens is 458 g/mol. The van der Waals surface area contributed by atoms with Crippen molar-refractivity contribution in [2.24, 2.45) is 0 Å². The molecule has 0 aliphatic carbocycles. The first-order chi connectivity index (χ1) is 11.7. The van der Waals surface area contributed by atoms with Crippen molar-refractivity contribution in [1.29, 1.82) is 0 Å². The molecule has 130 valence electrons. The maximum absolute atomic E-state index is 9.19. The number of benzene rings is 2. The number of para-hydroxylation sites is 2. The van der Waals surface area contributed by atoms with E-state index >= 15 is 0 Å². The highest BCUT2D eigenvalue weighted by molar-refractivity contribution is 14.1. The third kappa shape index (κ3) is 7.32. The molecule has 1 unspecified atom stereocenters. The molecule has 2 nitrogen and oxygen atoms in total. The van der Waals surface area contributed by atoms with Gasteiger partial charge in [0.2, 0.25) is 0 Å². The zero-order valence-electron chi connectivity index (χ0n) is 13.3. The Kier molecular flexibility index (Phi) is 11.0. The summed E-state index contributed by atoms with van der Waals surface area (Å²) in [4.78, 5) is 0. The van der Waals surface area contributed by atoms with Crippen LogP contribution in [0.5, 0.6) is 11.5 Å². The van der Waals surface area contributed by atoms with Crippen LogP contribution in [0.3, 0.4) is 0 Å². The number of phenols is 1. The highest BCUT2D eigenvalue weighted by Crippen LogP contribution is 2.28. The van der Waals surface area contributed by atoms with Crippen LogP contribution in [-0.4, -0.2) is 21.0 Å². The first kappa shape index (κ1) is 21.1. The second-order valence-corrected chi connectivity index (χ2v) is 6.62. The van der Waals surface area contributed by atoms with E-state index in [0.29, 0.717) is 11.9 Å². The minimum Gasteiger partial charge on any atom is -0.508 e. The first-order valence-electron chi connectivity index (χ1n) is 7.46. The molecule has 0 saturated carbocycles. The van der Waals surface area contributed by atoms with Crippen molar-refractivity contribution in [2.75, 3.05) is 9.77 Å². The second-order valence-electron chi connectivity index (χ2n) is 4.93. The molecule has 5 heteroatoms. The van der Waals surface area contributed by atoms with E-state index in [4.69, 9.17) is 27.9 Å². The number of halogens is 3. The Morgan fingerprint density at radius 1 is 1.17 bits per heavy atom. The van der Waals surface area contributed by atoms with Crippen molar-refractivity contribution in [2.45, 2.75) is 18.9 Å². The van der Waals surface area contributed by atoms with E-state index in [-0.39, 0.29) is 5.34 Å². The average Bonchev–Trinajstić information content (AvgIpc) is 3.02. The lowest BCUT2D eigenvalue weighted by Gasteiger charge is -2.04. The lowest BCUT2D eigenvalue weighted by atomic mass is 10.1. The lowest BCUT2D eigenvalue weighted by Crippen LogP contribution is -2.13. The maximum Gasteiger partial charge on any atom is 0.123 e. The summed E-state index contributed by atoms with van der Waals surface area (Å²) in [5.41, 5.74) is 2.28. The molecule has 0 aromatic heterocycles. The molecule has 0 spiro atoms. The Labute approximate surface area is 167 Å². The zero-order chi connectivity index (χ0) is 17.8. The summed E-state index contributed by atoms with van der Waals surface area (Å²) in [7, 11) is 0. The van der Waals surface area contributed by atoms with Gasteiger partial charge in [-0.1, -0.05) is 65.1 Å². The number of fused-ring (bicyclic) bond motifs is 1. The monoisotopic (exact) mass is 478 g/mol. The van der Waals surface area contributed by atoms with Gasteiger partial charge >= 0.3 is 0 Å². The van der Waals surface area contributed by atoms with Gasteiger partial charge in [-0.2, -0.15) is 0 Å². The number of aromatic hydroxyl groups is 1. The van der Waals surface area contributed by atoms with Gasteiger partial charge in [0.25, 0.3) is 0 Å². The topological polar surface area (TPSA) is 29.5 Å². The molecule has 0 bridgehead atoms. The summed E-state index contributed by atoms with van der Waals surface area (Å²) in [6.07, 6.45) is 3.99. The molecule has 0 amide bonds. The molecule has 2 aromatic rings.